The van der Waals surface area contributed by atoms with E-state index in [1.54, 1.807) is 0 Å². The molecule has 0 aromatic rings. The Kier molecular flexibility index (Phi) is 6.14. The summed E-state index contributed by atoms with van der Waals surface area (Å²) >= 11 is 0. The maximum Gasteiger partial charge on any atom is 0.211 e. The minimum Gasteiger partial charge on any atom is -0.350 e. The standard InChI is InChI=1S/C42H64N6/c1-25-2-27-3-26(1)14-39(13-25,15-27)43-37(44-40-16-28-4-29(17-40)6-30(5-28)18-40)47-48-38(45-41-19-31-7-32(20-41)9-33(8-31)21-41)46-42-22-34-10-35(23-42)12-36(11-34)24-42/h25-36H,1-24H2,(H2,43,44,47)(H2,45,46,48). The molecule has 16 aliphatic carbocycles. The normalized spacial score (nSPS) is 57.8. The van der Waals surface area contributed by atoms with E-state index in [0.717, 1.165) is 82.9 Å². The Morgan fingerprint density at radius 3 is 0.750 bits per heavy atom. The van der Waals surface area contributed by atoms with Gasteiger partial charge in [0.2, 0.25) is 11.9 Å². The molecule has 16 saturated carbocycles. The van der Waals surface area contributed by atoms with E-state index in [9.17, 15) is 0 Å². The third-order valence-corrected chi connectivity index (χ3v) is 17.9. The predicted molar refractivity (Wildman–Crippen MR) is 191 cm³/mol. The first kappa shape index (κ1) is 29.2. The largest absolute Gasteiger partial charge is 0.350 e. The Hall–Kier alpha value is -1.46. The first-order chi connectivity index (χ1) is 23.3. The lowest BCUT2D eigenvalue weighted by Gasteiger charge is -2.58. The van der Waals surface area contributed by atoms with Gasteiger partial charge in [0, 0.05) is 11.1 Å². The molecule has 0 aromatic carbocycles. The van der Waals surface area contributed by atoms with Gasteiger partial charge in [-0.2, -0.15) is 0 Å². The van der Waals surface area contributed by atoms with Crippen molar-refractivity contribution in [1.29, 1.82) is 0 Å². The summed E-state index contributed by atoms with van der Waals surface area (Å²) < 4.78 is 0. The zero-order chi connectivity index (χ0) is 31.3. The molecule has 6 heteroatoms. The van der Waals surface area contributed by atoms with Gasteiger partial charge < -0.3 is 10.6 Å². The van der Waals surface area contributed by atoms with E-state index in [4.69, 9.17) is 9.98 Å². The highest BCUT2D eigenvalue weighted by Gasteiger charge is 2.56. The number of nitrogens with zero attached hydrogens (tertiary/aromatic N) is 2. The van der Waals surface area contributed by atoms with Gasteiger partial charge in [-0.15, -0.1) is 0 Å². The fourth-order valence-corrected chi connectivity index (χ4v) is 18.2. The molecule has 0 amide bonds. The minimum absolute atomic E-state index is 0.151. The molecule has 262 valence electrons. The number of hydrogen-bond acceptors (Lipinski definition) is 2. The number of nitrogens with one attached hydrogen (secondary N) is 4. The summed E-state index contributed by atoms with van der Waals surface area (Å²) in [6.07, 6.45) is 34.0. The van der Waals surface area contributed by atoms with Crippen molar-refractivity contribution >= 4 is 11.9 Å². The van der Waals surface area contributed by atoms with Crippen LogP contribution in [0.3, 0.4) is 0 Å². The molecule has 0 saturated heterocycles. The van der Waals surface area contributed by atoms with Gasteiger partial charge in [-0.25, -0.2) is 9.98 Å². The average Bonchev–Trinajstić information content (AvgIpc) is 2.96. The van der Waals surface area contributed by atoms with E-state index >= 15 is 0 Å². The second-order valence-electron chi connectivity index (χ2n) is 22.1. The van der Waals surface area contributed by atoms with Crippen LogP contribution in [0.5, 0.6) is 0 Å². The Bertz CT molecular complexity index is 1150. The minimum atomic E-state index is 0.151. The van der Waals surface area contributed by atoms with Crippen LogP contribution in [-0.2, 0) is 0 Å². The fourth-order valence-electron chi connectivity index (χ4n) is 18.2. The molecule has 0 aromatic heterocycles. The van der Waals surface area contributed by atoms with E-state index in [1.165, 1.54) is 154 Å². The van der Waals surface area contributed by atoms with Crippen molar-refractivity contribution in [1.82, 2.24) is 21.5 Å². The average molecular weight is 653 g/mol. The van der Waals surface area contributed by atoms with Crippen molar-refractivity contribution in [2.24, 2.45) is 81.0 Å². The predicted octanol–water partition coefficient (Wildman–Crippen LogP) is 7.85. The highest BCUT2D eigenvalue weighted by atomic mass is 15.5. The smallest absolute Gasteiger partial charge is 0.211 e. The molecule has 0 unspecified atom stereocenters. The monoisotopic (exact) mass is 653 g/mol. The SMILES string of the molecule is C1C2CC3CC1CC(N=C(NNC(=NC14CC5CC(CC(C5)C1)C4)NC14CC5CC(CC(C5)C1)C4)NC14CC5CC(CC(C5)C1)C4)(C2)C3. The van der Waals surface area contributed by atoms with Crippen LogP contribution >= 0.6 is 0 Å². The molecule has 48 heavy (non-hydrogen) atoms. The van der Waals surface area contributed by atoms with Crippen molar-refractivity contribution in [3.63, 3.8) is 0 Å². The molecule has 0 atom stereocenters. The molecule has 16 aliphatic rings. The van der Waals surface area contributed by atoms with Crippen molar-refractivity contribution < 1.29 is 0 Å². The highest BCUT2D eigenvalue weighted by Crippen LogP contribution is 2.60. The van der Waals surface area contributed by atoms with Gasteiger partial charge in [0.25, 0.3) is 0 Å². The molecular weight excluding hydrogens is 589 g/mol. The van der Waals surface area contributed by atoms with Gasteiger partial charge in [-0.1, -0.05) is 0 Å². The Balaban J connectivity index is 0.880. The zero-order valence-electron chi connectivity index (χ0n) is 29.8. The van der Waals surface area contributed by atoms with E-state index in [1.807, 2.05) is 0 Å². The maximum atomic E-state index is 5.92. The van der Waals surface area contributed by atoms with E-state index in [-0.39, 0.29) is 22.2 Å². The van der Waals surface area contributed by atoms with Gasteiger partial charge in [0.1, 0.15) is 0 Å². The van der Waals surface area contributed by atoms with E-state index < -0.39 is 0 Å². The second-order valence-corrected chi connectivity index (χ2v) is 22.1. The molecule has 16 fully saturated rings. The summed E-state index contributed by atoms with van der Waals surface area (Å²) in [7, 11) is 0. The number of hydrazine groups is 1. The van der Waals surface area contributed by atoms with Crippen LogP contribution in [-0.4, -0.2) is 34.1 Å². The van der Waals surface area contributed by atoms with Gasteiger partial charge in [-0.3, -0.25) is 10.9 Å². The third kappa shape index (κ3) is 4.88. The third-order valence-electron chi connectivity index (χ3n) is 17.9. The number of hydrogen-bond donors (Lipinski definition) is 4. The summed E-state index contributed by atoms with van der Waals surface area (Å²) in [4.78, 5) is 11.8. The lowest BCUT2D eigenvalue weighted by Crippen LogP contribution is -2.67. The topological polar surface area (TPSA) is 72.8 Å². The van der Waals surface area contributed by atoms with Crippen molar-refractivity contribution in [3.05, 3.63) is 0 Å². The summed E-state index contributed by atoms with van der Waals surface area (Å²) in [5.74, 6) is 13.3. The zero-order valence-corrected chi connectivity index (χ0v) is 29.8. The lowest BCUT2D eigenvalue weighted by molar-refractivity contribution is -0.0134. The first-order valence-electron chi connectivity index (χ1n) is 21.6. The molecule has 0 radical (unpaired) electrons. The van der Waals surface area contributed by atoms with Crippen molar-refractivity contribution in [3.8, 4) is 0 Å². The van der Waals surface area contributed by atoms with Crippen molar-refractivity contribution in [2.45, 2.75) is 176 Å². The second kappa shape index (κ2) is 10.1. The van der Waals surface area contributed by atoms with E-state index in [2.05, 4.69) is 21.5 Å². The quantitative estimate of drug-likeness (QED) is 0.142. The van der Waals surface area contributed by atoms with Gasteiger partial charge in [0.05, 0.1) is 11.1 Å². The Morgan fingerprint density at radius 1 is 0.312 bits per heavy atom. The number of aliphatic imine (C=N–C) groups is 2. The fraction of sp³-hybridized carbons (Fsp3) is 0.952. The van der Waals surface area contributed by atoms with Crippen LogP contribution in [0.4, 0.5) is 0 Å². The lowest BCUT2D eigenvalue weighted by atomic mass is 9.53. The summed E-state index contributed by atoms with van der Waals surface area (Å²) in [6, 6.07) is 0. The molecular formula is C42H64N6. The van der Waals surface area contributed by atoms with Crippen LogP contribution in [0.2, 0.25) is 0 Å². The van der Waals surface area contributed by atoms with Crippen LogP contribution < -0.4 is 21.5 Å². The summed E-state index contributed by atoms with van der Waals surface area (Å²) in [6.45, 7) is 0. The molecule has 16 rings (SSSR count). The number of rotatable bonds is 4. The molecule has 0 heterocycles. The molecule has 16 bridgehead atoms. The molecule has 0 aliphatic heterocycles. The molecule has 6 nitrogen and oxygen atoms in total. The molecule has 0 spiro atoms. The number of guanidine groups is 2. The van der Waals surface area contributed by atoms with Crippen LogP contribution in [0.25, 0.3) is 0 Å². The molecule has 4 N–H and O–H groups in total. The Labute approximate surface area is 290 Å². The van der Waals surface area contributed by atoms with Crippen LogP contribution in [0, 0.1) is 71.0 Å². The van der Waals surface area contributed by atoms with Gasteiger partial charge >= 0.3 is 0 Å². The summed E-state index contributed by atoms with van der Waals surface area (Å²) in [5.41, 5.74) is 8.65. The van der Waals surface area contributed by atoms with Crippen LogP contribution in [0.15, 0.2) is 9.98 Å². The van der Waals surface area contributed by atoms with Gasteiger partial charge in [0.15, 0.2) is 0 Å². The first-order valence-corrected chi connectivity index (χ1v) is 21.6. The Morgan fingerprint density at radius 2 is 0.521 bits per heavy atom. The van der Waals surface area contributed by atoms with Crippen molar-refractivity contribution in [2.75, 3.05) is 0 Å². The van der Waals surface area contributed by atoms with Crippen LogP contribution in [0.1, 0.15) is 154 Å². The highest BCUT2D eigenvalue weighted by molar-refractivity contribution is 5.87. The summed E-state index contributed by atoms with van der Waals surface area (Å²) in [5, 5.41) is 8.61. The maximum absolute atomic E-state index is 5.92. The van der Waals surface area contributed by atoms with Gasteiger partial charge in [-0.05, 0) is 225 Å². The van der Waals surface area contributed by atoms with E-state index in [0.29, 0.717) is 0 Å².